The van der Waals surface area contributed by atoms with E-state index in [-0.39, 0.29) is 92.8 Å². The number of alkyl carbamates (subject to hydrolysis) is 1. The third kappa shape index (κ3) is 23.2. The van der Waals surface area contributed by atoms with Gasteiger partial charge in [0.25, 0.3) is 11.8 Å². The maximum atomic E-state index is 14.7. The molecule has 1 fully saturated rings. The average molecular weight is 1340 g/mol. The smallest absolute Gasteiger partial charge is 0.408 e. The number of rotatable bonds is 38. The van der Waals surface area contributed by atoms with Crippen molar-refractivity contribution in [3.63, 3.8) is 0 Å². The summed E-state index contributed by atoms with van der Waals surface area (Å²) in [6.45, 7) is 16.3. The predicted molar refractivity (Wildman–Crippen MR) is 358 cm³/mol. The summed E-state index contributed by atoms with van der Waals surface area (Å²) in [4.78, 5) is 155. The lowest BCUT2D eigenvalue weighted by atomic mass is 9.89. The second-order valence-corrected chi connectivity index (χ2v) is 26.6. The molecule has 5 rings (SSSR count). The number of ether oxygens (including phenoxy) is 3. The quantitative estimate of drug-likeness (QED) is 0.0248. The molecule has 3 aromatic rings. The van der Waals surface area contributed by atoms with E-state index in [9.17, 15) is 52.7 Å². The molecule has 1 aromatic heterocycles. The number of hydrogen-bond acceptors (Lipinski definition) is 16. The number of benzene rings is 2. The molecule has 2 aliphatic heterocycles. The summed E-state index contributed by atoms with van der Waals surface area (Å²) in [5.41, 5.74) is 5.54. The first-order valence-electron chi connectivity index (χ1n) is 32.8. The number of likely N-dealkylation sites (tertiary alicyclic amines) is 1. The molecule has 1 unspecified atom stereocenters. The van der Waals surface area contributed by atoms with Gasteiger partial charge in [0.05, 0.1) is 42.7 Å². The van der Waals surface area contributed by atoms with Crippen LogP contribution in [-0.2, 0) is 70.4 Å². The van der Waals surface area contributed by atoms with Crippen LogP contribution in [0.2, 0.25) is 0 Å². The highest BCUT2D eigenvalue weighted by atomic mass is 32.1. The highest BCUT2D eigenvalue weighted by Gasteiger charge is 2.44. The van der Waals surface area contributed by atoms with Gasteiger partial charge in [0.15, 0.2) is 0 Å². The van der Waals surface area contributed by atoms with Crippen LogP contribution in [0.5, 0.6) is 0 Å². The van der Waals surface area contributed by atoms with E-state index in [2.05, 4.69) is 42.2 Å². The topological polar surface area (TPSA) is 348 Å². The van der Waals surface area contributed by atoms with E-state index < -0.39 is 95.5 Å². The Kier molecular flexibility index (Phi) is 30.7. The van der Waals surface area contributed by atoms with Crippen LogP contribution in [0.25, 0.3) is 0 Å². The van der Waals surface area contributed by atoms with Gasteiger partial charge in [-0.25, -0.2) is 14.6 Å². The highest BCUT2D eigenvalue weighted by Crippen LogP contribution is 2.31. The van der Waals surface area contributed by atoms with E-state index in [1.165, 1.54) is 44.4 Å². The molecule has 3 heterocycles. The number of hydrogen-bond donors (Lipinski definition) is 8. The fourth-order valence-corrected chi connectivity index (χ4v) is 12.4. The van der Waals surface area contributed by atoms with Crippen molar-refractivity contribution < 1.29 is 67.0 Å². The number of methoxy groups -OCH3 is 2. The van der Waals surface area contributed by atoms with Crippen LogP contribution in [-0.4, -0.2) is 174 Å². The summed E-state index contributed by atoms with van der Waals surface area (Å²) in [7, 11) is 4.69. The number of carbonyl (C=O) groups excluding carboxylic acids is 11. The molecule has 10 atom stereocenters. The largest absolute Gasteiger partial charge is 0.445 e. The van der Waals surface area contributed by atoms with Crippen molar-refractivity contribution in [2.24, 2.45) is 29.4 Å². The number of aromatic nitrogens is 1. The first-order chi connectivity index (χ1) is 45.1. The second kappa shape index (κ2) is 37.7. The summed E-state index contributed by atoms with van der Waals surface area (Å²) >= 11 is 1.47. The Labute approximate surface area is 562 Å². The van der Waals surface area contributed by atoms with Gasteiger partial charge >= 0.3 is 12.1 Å². The van der Waals surface area contributed by atoms with Crippen LogP contribution >= 0.6 is 11.3 Å². The van der Waals surface area contributed by atoms with Gasteiger partial charge in [-0.3, -0.25) is 48.1 Å². The van der Waals surface area contributed by atoms with E-state index in [1.807, 2.05) is 56.5 Å². The van der Waals surface area contributed by atoms with Gasteiger partial charge in [-0.1, -0.05) is 104 Å². The molecule has 1 saturated heterocycles. The number of amides is 12. The van der Waals surface area contributed by atoms with E-state index in [0.717, 1.165) is 15.5 Å². The first-order valence-corrected chi connectivity index (χ1v) is 33.7. The van der Waals surface area contributed by atoms with Crippen LogP contribution in [0.15, 0.2) is 78.3 Å². The number of anilines is 1. The number of imide groups is 1. The summed E-state index contributed by atoms with van der Waals surface area (Å²) in [5.74, 6) is -5.48. The van der Waals surface area contributed by atoms with Gasteiger partial charge in [0, 0.05) is 76.7 Å². The van der Waals surface area contributed by atoms with Crippen molar-refractivity contribution >= 4 is 82.3 Å². The van der Waals surface area contributed by atoms with E-state index >= 15 is 0 Å². The summed E-state index contributed by atoms with van der Waals surface area (Å²) in [6, 6.07) is 10.8. The summed E-state index contributed by atoms with van der Waals surface area (Å²) in [5, 5.41) is 22.1. The molecule has 9 N–H and O–H groups in total. The van der Waals surface area contributed by atoms with Crippen molar-refractivity contribution in [1.29, 1.82) is 0 Å². The lowest BCUT2D eigenvalue weighted by Crippen LogP contribution is -2.62. The molecule has 0 radical (unpaired) electrons. The minimum absolute atomic E-state index is 0.0789. The minimum atomic E-state index is -1.59. The Balaban J connectivity index is 1.15. The van der Waals surface area contributed by atoms with Crippen molar-refractivity contribution in [1.82, 2.24) is 51.6 Å². The van der Waals surface area contributed by atoms with Gasteiger partial charge in [-0.05, 0) is 99.8 Å². The minimum Gasteiger partial charge on any atom is -0.445 e. The molecule has 95 heavy (non-hydrogen) atoms. The van der Waals surface area contributed by atoms with Gasteiger partial charge < -0.3 is 67.0 Å². The van der Waals surface area contributed by atoms with E-state index in [0.29, 0.717) is 62.7 Å². The Bertz CT molecular complexity index is 3080. The van der Waals surface area contributed by atoms with Crippen molar-refractivity contribution in [2.75, 3.05) is 46.2 Å². The maximum Gasteiger partial charge on any atom is 0.408 e. The van der Waals surface area contributed by atoms with E-state index in [4.69, 9.17) is 19.9 Å². The van der Waals surface area contributed by atoms with Gasteiger partial charge in [-0.15, -0.1) is 11.3 Å². The molecular formula is C68H100N12O14S. The van der Waals surface area contributed by atoms with E-state index in [1.54, 1.807) is 82.1 Å². The number of urea groups is 1. The first kappa shape index (κ1) is 77.4. The summed E-state index contributed by atoms with van der Waals surface area (Å²) < 4.78 is 17.7. The molecule has 2 aliphatic rings. The zero-order valence-electron chi connectivity index (χ0n) is 57.0. The lowest BCUT2D eigenvalue weighted by molar-refractivity contribution is -0.148. The van der Waals surface area contributed by atoms with Crippen molar-refractivity contribution in [3.8, 4) is 0 Å². The third-order valence-electron chi connectivity index (χ3n) is 17.5. The third-order valence-corrected chi connectivity index (χ3v) is 18.3. The molecule has 27 heteroatoms. The number of nitrogens with zero attached hydrogens (tertiary/aromatic N) is 4. The predicted octanol–water partition coefficient (Wildman–Crippen LogP) is 5.81. The number of unbranched alkanes of at least 4 members (excludes halogenated alkanes) is 2. The SMILES string of the molecule is CC[C@H](C)[C@@H]([C@@H](CC(=O)N1CCC[C@H]1[C@H](OC)[C@@H](C)C(=O)N[C@@H](Cc1ccccc1)c1nccs1)OC)N(C)C(=O)[C@@H](NC(=O)C(C)(C)NC(=O)OCc1ccc(NC(=O)[C@H](CCCNC(N)=O)NC(=O)C(NC(=O)CCCCCN2C(=O)C=CC2=O)C(C)C)cc1)C(C)C. The van der Waals surface area contributed by atoms with Crippen molar-refractivity contribution in [3.05, 3.63) is 94.5 Å². The zero-order valence-corrected chi connectivity index (χ0v) is 57.8. The Morgan fingerprint density at radius 3 is 2.06 bits per heavy atom. The molecule has 0 saturated carbocycles. The molecular weight excluding hydrogens is 1240 g/mol. The molecule has 522 valence electrons. The fourth-order valence-electron chi connectivity index (χ4n) is 11.7. The van der Waals surface area contributed by atoms with Crippen LogP contribution in [0.4, 0.5) is 15.3 Å². The number of nitrogens with two attached hydrogens (primary N) is 1. The normalized spacial score (nSPS) is 16.8. The maximum absolute atomic E-state index is 14.7. The van der Waals surface area contributed by atoms with Crippen molar-refractivity contribution in [2.45, 2.75) is 194 Å². The standard InChI is InChI=1S/C68H100N12O14S/c1-13-43(6)58(51(92-11)39-55(84)79-36-21-25-50(79)59(93-12)44(7)60(85)74-49(63-70-34-37-95-63)38-45-22-16-14-17-23-45)78(10)64(88)57(42(4)5)76-65(89)68(8,9)77-67(91)94-40-46-27-29-47(30-28-46)72-61(86)48(24-20-33-71-66(69)90)73-62(87)56(41(2)3)75-52(81)26-18-15-19-35-80-53(82)31-32-54(80)83/h14,16-17,22-23,27-32,34,37,41-44,48-51,56-59H,13,15,18-21,24-26,33,35-36,38-40H2,1-12H3,(H,72,86)(H,73,87)(H,74,85)(H,75,81)(H,76,89)(H,77,91)(H3,69,71,90)/t43-,44+,48-,49-,50-,51+,56?,57-,58-,59+/m0/s1. The lowest BCUT2D eigenvalue weighted by Gasteiger charge is -2.41. The monoisotopic (exact) mass is 1340 g/mol. The zero-order chi connectivity index (χ0) is 70.1. The van der Waals surface area contributed by atoms with Crippen LogP contribution in [0, 0.1) is 23.7 Å². The molecule has 0 bridgehead atoms. The van der Waals surface area contributed by atoms with Gasteiger partial charge in [-0.2, -0.15) is 0 Å². The Morgan fingerprint density at radius 1 is 0.789 bits per heavy atom. The van der Waals surface area contributed by atoms with Crippen LogP contribution in [0.1, 0.15) is 149 Å². The molecule has 26 nitrogen and oxygen atoms in total. The fraction of sp³-hybridized carbons (Fsp3) is 0.588. The Morgan fingerprint density at radius 2 is 1.46 bits per heavy atom. The number of likely N-dealkylation sites (N-methyl/N-ethyl adjacent to an activating group) is 1. The van der Waals surface area contributed by atoms with Gasteiger partial charge in [0.1, 0.15) is 35.3 Å². The summed E-state index contributed by atoms with van der Waals surface area (Å²) in [6.07, 6.45) is 6.14. The van der Waals surface area contributed by atoms with Gasteiger partial charge in [0.2, 0.25) is 41.4 Å². The molecule has 2 aromatic carbocycles. The molecule has 12 amide bonds. The van der Waals surface area contributed by atoms with Crippen LogP contribution < -0.4 is 43.0 Å². The Hall–Kier alpha value is -8.30. The second-order valence-electron chi connectivity index (χ2n) is 25.7. The number of primary amides is 1. The average Bonchev–Trinajstić information content (AvgIpc) is 1.79. The molecule has 0 spiro atoms. The number of thiazole rings is 1. The number of nitrogens with one attached hydrogen (secondary N) is 7. The number of carbonyl (C=O) groups is 11. The molecule has 0 aliphatic carbocycles. The highest BCUT2D eigenvalue weighted by molar-refractivity contribution is 7.09. The van der Waals surface area contributed by atoms with Crippen LogP contribution in [0.3, 0.4) is 0 Å².